The number of benzene rings is 1. The number of rotatable bonds is 5. The molecule has 0 spiro atoms. The summed E-state index contributed by atoms with van der Waals surface area (Å²) in [7, 11) is -4.80. The molecule has 0 atom stereocenters. The molecule has 35 heavy (non-hydrogen) atoms. The fourth-order valence-corrected chi connectivity index (χ4v) is 5.87. The highest BCUT2D eigenvalue weighted by molar-refractivity contribution is 7.92. The van der Waals surface area contributed by atoms with E-state index in [4.69, 9.17) is 4.74 Å². The molecule has 0 radical (unpaired) electrons. The number of hydrogen-bond donors (Lipinski definition) is 1. The number of halogens is 3. The molecule has 1 aliphatic carbocycles. The number of fused-ring (bicyclic) bond motifs is 1. The normalized spacial score (nSPS) is 19.7. The largest absolute Gasteiger partial charge is 0.710 e. The van der Waals surface area contributed by atoms with Gasteiger partial charge in [0.1, 0.15) is 11.4 Å². The monoisotopic (exact) mass is 510 g/mol. The molecule has 6 nitrogen and oxygen atoms in total. The summed E-state index contributed by atoms with van der Waals surface area (Å²) in [5.41, 5.74) is 1.44. The number of aryl methyl sites for hydroxylation is 1. The zero-order chi connectivity index (χ0) is 25.8. The maximum atomic E-state index is 13.7. The van der Waals surface area contributed by atoms with E-state index in [0.29, 0.717) is 47.7 Å². The van der Waals surface area contributed by atoms with E-state index >= 15 is 0 Å². The molecular formula is C25H29F3N2O4S. The van der Waals surface area contributed by atoms with Crippen LogP contribution in [0.25, 0.3) is 22.2 Å². The van der Waals surface area contributed by atoms with Crippen molar-refractivity contribution in [3.8, 4) is 16.9 Å². The van der Waals surface area contributed by atoms with Crippen LogP contribution in [-0.2, 0) is 9.84 Å². The van der Waals surface area contributed by atoms with E-state index in [0.717, 1.165) is 30.4 Å². The van der Waals surface area contributed by atoms with E-state index in [1.807, 2.05) is 0 Å². The summed E-state index contributed by atoms with van der Waals surface area (Å²) in [5.74, 6) is 0.967. The minimum absolute atomic E-state index is 0.0880. The first-order valence-electron chi connectivity index (χ1n) is 11.6. The average molecular weight is 511 g/mol. The first kappa shape index (κ1) is 25.3. The third kappa shape index (κ3) is 4.37. The number of aromatic nitrogens is 2. The number of ether oxygens (including phenoxy) is 1. The van der Waals surface area contributed by atoms with Crippen LogP contribution in [0.5, 0.6) is 5.75 Å². The van der Waals surface area contributed by atoms with Crippen LogP contribution in [0, 0.1) is 18.0 Å². The summed E-state index contributed by atoms with van der Waals surface area (Å²) < 4.78 is 71.3. The van der Waals surface area contributed by atoms with E-state index in [2.05, 4.69) is 11.9 Å². The van der Waals surface area contributed by atoms with Crippen LogP contribution in [0.4, 0.5) is 13.2 Å². The van der Waals surface area contributed by atoms with Crippen LogP contribution in [0.1, 0.15) is 52.1 Å². The molecule has 3 aromatic rings. The number of nitrogens with zero attached hydrogens (tertiary/aromatic N) is 1. The molecule has 0 saturated heterocycles. The first-order chi connectivity index (χ1) is 16.2. The molecule has 1 aromatic carbocycles. The Morgan fingerprint density at radius 1 is 1.06 bits per heavy atom. The third-order valence-corrected chi connectivity index (χ3v) is 9.50. The zero-order valence-corrected chi connectivity index (χ0v) is 20.9. The van der Waals surface area contributed by atoms with Crippen molar-refractivity contribution in [3.63, 3.8) is 0 Å². The van der Waals surface area contributed by atoms with Gasteiger partial charge in [0.2, 0.25) is 0 Å². The second-order valence-electron chi connectivity index (χ2n) is 9.90. The summed E-state index contributed by atoms with van der Waals surface area (Å²) in [6.07, 6.45) is 0.175. The zero-order valence-electron chi connectivity index (χ0n) is 20.1. The molecule has 0 unspecified atom stereocenters. The van der Waals surface area contributed by atoms with Crippen LogP contribution in [0.3, 0.4) is 0 Å². The van der Waals surface area contributed by atoms with Crippen LogP contribution < -0.4 is 9.47 Å². The van der Waals surface area contributed by atoms with E-state index in [9.17, 15) is 26.8 Å². The maximum Gasteiger partial charge on any atom is 0.408 e. The van der Waals surface area contributed by atoms with Gasteiger partial charge in [0.15, 0.2) is 14.6 Å². The molecule has 1 fully saturated rings. The SMILES string of the molecule is Cc1cc(-c2cc(S(=O)(=O)C(C)(C)C(F)(F)F)ccc2O[C@H]2CC[C@H](C)CC2)c2cc[nH]c2[n+]1[O-]. The molecule has 0 aliphatic heterocycles. The van der Waals surface area contributed by atoms with Gasteiger partial charge in [0, 0.05) is 11.1 Å². The van der Waals surface area contributed by atoms with Gasteiger partial charge in [-0.05, 0) is 82.7 Å². The number of aromatic amines is 1. The van der Waals surface area contributed by atoms with Crippen molar-refractivity contribution in [2.24, 2.45) is 5.92 Å². The van der Waals surface area contributed by atoms with Crippen molar-refractivity contribution in [3.05, 3.63) is 47.4 Å². The van der Waals surface area contributed by atoms with Gasteiger partial charge in [0.25, 0.3) is 5.65 Å². The van der Waals surface area contributed by atoms with Gasteiger partial charge in [-0.3, -0.25) is 0 Å². The van der Waals surface area contributed by atoms with E-state index in [-0.39, 0.29) is 11.8 Å². The van der Waals surface area contributed by atoms with Gasteiger partial charge >= 0.3 is 6.18 Å². The van der Waals surface area contributed by atoms with E-state index in [1.165, 1.54) is 18.2 Å². The highest BCUT2D eigenvalue weighted by Crippen LogP contribution is 2.43. The molecule has 4 rings (SSSR count). The predicted octanol–water partition coefficient (Wildman–Crippen LogP) is 5.85. The van der Waals surface area contributed by atoms with Crippen molar-refractivity contribution in [2.75, 3.05) is 0 Å². The predicted molar refractivity (Wildman–Crippen MR) is 127 cm³/mol. The smallest absolute Gasteiger partial charge is 0.408 e. The number of alkyl halides is 3. The number of pyridine rings is 1. The van der Waals surface area contributed by atoms with Gasteiger partial charge in [-0.1, -0.05) is 6.92 Å². The summed E-state index contributed by atoms with van der Waals surface area (Å²) >= 11 is 0. The minimum Gasteiger partial charge on any atom is -0.710 e. The van der Waals surface area contributed by atoms with Crippen molar-refractivity contribution < 1.29 is 31.1 Å². The molecule has 1 saturated carbocycles. The number of sulfone groups is 1. The Labute approximate surface area is 202 Å². The van der Waals surface area contributed by atoms with Gasteiger partial charge < -0.3 is 9.94 Å². The van der Waals surface area contributed by atoms with Gasteiger partial charge in [-0.2, -0.15) is 13.2 Å². The third-order valence-electron chi connectivity index (χ3n) is 7.05. The lowest BCUT2D eigenvalue weighted by molar-refractivity contribution is -0.586. The number of hydrogen-bond acceptors (Lipinski definition) is 4. The topological polar surface area (TPSA) is 86.1 Å². The molecule has 2 aromatic heterocycles. The summed E-state index contributed by atoms with van der Waals surface area (Å²) in [5, 5.41) is 13.0. The molecule has 2 heterocycles. The van der Waals surface area contributed by atoms with Crippen LogP contribution in [0.2, 0.25) is 0 Å². The molecule has 1 aliphatic rings. The summed E-state index contributed by atoms with van der Waals surface area (Å²) in [6.45, 7) is 5.10. The Kier molecular flexibility index (Phi) is 6.32. The number of nitrogens with one attached hydrogen (secondary N) is 1. The summed E-state index contributed by atoms with van der Waals surface area (Å²) in [6, 6.07) is 7.11. The Balaban J connectivity index is 1.90. The Hall–Kier alpha value is -2.75. The van der Waals surface area contributed by atoms with E-state index in [1.54, 1.807) is 25.3 Å². The van der Waals surface area contributed by atoms with Gasteiger partial charge in [-0.25, -0.2) is 18.1 Å². The molecule has 0 bridgehead atoms. The quantitative estimate of drug-likeness (QED) is 0.345. The Morgan fingerprint density at radius 2 is 1.71 bits per heavy atom. The standard InChI is InChI=1S/C25H29F3N2O4S/c1-15-5-7-17(8-6-15)34-22-10-9-18(35(32,33)24(3,4)25(26,27)28)14-21(22)20-13-16(2)30(31)23-19(20)11-12-29-23/h9-15,17,29H,5-8H2,1-4H3/t15-,17-. The highest BCUT2D eigenvalue weighted by atomic mass is 32.2. The second-order valence-corrected chi connectivity index (χ2v) is 12.4. The molecule has 0 amide bonds. The van der Waals surface area contributed by atoms with Crippen molar-refractivity contribution in [2.45, 2.75) is 75.3 Å². The van der Waals surface area contributed by atoms with E-state index < -0.39 is 25.7 Å². The second kappa shape index (κ2) is 8.72. The molecular weight excluding hydrogens is 481 g/mol. The molecule has 1 N–H and O–H groups in total. The highest BCUT2D eigenvalue weighted by Gasteiger charge is 2.57. The lowest BCUT2D eigenvalue weighted by Gasteiger charge is -2.29. The maximum absolute atomic E-state index is 13.7. The Bertz CT molecular complexity index is 1360. The van der Waals surface area contributed by atoms with Crippen molar-refractivity contribution in [1.29, 1.82) is 0 Å². The lowest BCUT2D eigenvalue weighted by atomic mass is 9.89. The fraction of sp³-hybridized carbons (Fsp3) is 0.480. The van der Waals surface area contributed by atoms with Gasteiger partial charge in [0.05, 0.1) is 22.6 Å². The lowest BCUT2D eigenvalue weighted by Crippen LogP contribution is -2.46. The van der Waals surface area contributed by atoms with Gasteiger partial charge in [-0.15, -0.1) is 0 Å². The van der Waals surface area contributed by atoms with Crippen molar-refractivity contribution >= 4 is 20.9 Å². The average Bonchev–Trinajstić information content (AvgIpc) is 3.27. The van der Waals surface area contributed by atoms with Crippen LogP contribution in [-0.4, -0.2) is 30.4 Å². The summed E-state index contributed by atoms with van der Waals surface area (Å²) in [4.78, 5) is 2.42. The first-order valence-corrected chi connectivity index (χ1v) is 13.0. The number of H-pyrrole nitrogens is 1. The van der Waals surface area contributed by atoms with Crippen molar-refractivity contribution in [1.82, 2.24) is 4.98 Å². The fourth-order valence-electron chi connectivity index (χ4n) is 4.45. The Morgan fingerprint density at radius 3 is 2.34 bits per heavy atom. The van der Waals surface area contributed by atoms with Crippen LogP contribution >= 0.6 is 0 Å². The van der Waals surface area contributed by atoms with Crippen LogP contribution in [0.15, 0.2) is 41.4 Å². The molecule has 10 heteroatoms. The minimum atomic E-state index is -4.97. The molecule has 190 valence electrons.